The molecule has 2 unspecified atom stereocenters. The van der Waals surface area contributed by atoms with Crippen molar-refractivity contribution in [1.82, 2.24) is 5.32 Å². The van der Waals surface area contributed by atoms with Gasteiger partial charge in [0.05, 0.1) is 18.8 Å². The monoisotopic (exact) mass is 239 g/mol. The quantitative estimate of drug-likeness (QED) is 0.739. The number of carbonyl (C=O) groups excluding carboxylic acids is 1. The second kappa shape index (κ2) is 7.12. The van der Waals surface area contributed by atoms with Gasteiger partial charge in [0.15, 0.2) is 0 Å². The summed E-state index contributed by atoms with van der Waals surface area (Å²) in [7, 11) is 0. The Bertz CT molecular complexity index is 321. The van der Waals surface area contributed by atoms with E-state index >= 15 is 0 Å². The lowest BCUT2D eigenvalue weighted by Gasteiger charge is -2.16. The van der Waals surface area contributed by atoms with Gasteiger partial charge in [-0.1, -0.05) is 6.92 Å². The van der Waals surface area contributed by atoms with Gasteiger partial charge in [-0.25, -0.2) is 0 Å². The summed E-state index contributed by atoms with van der Waals surface area (Å²) in [6, 6.07) is 4.11. The van der Waals surface area contributed by atoms with Gasteiger partial charge in [-0.3, -0.25) is 4.79 Å². The molecule has 1 aromatic heterocycles. The van der Waals surface area contributed by atoms with Crippen molar-refractivity contribution in [3.8, 4) is 0 Å². The summed E-state index contributed by atoms with van der Waals surface area (Å²) in [4.78, 5) is 11.4. The van der Waals surface area contributed by atoms with Crippen molar-refractivity contribution >= 4 is 5.97 Å². The molecule has 0 amide bonds. The maximum atomic E-state index is 11.4. The molecule has 17 heavy (non-hydrogen) atoms. The minimum Gasteiger partial charge on any atom is -0.469 e. The molecule has 0 radical (unpaired) electrons. The number of nitrogens with one attached hydrogen (secondary N) is 1. The van der Waals surface area contributed by atoms with Gasteiger partial charge in [0.25, 0.3) is 0 Å². The third kappa shape index (κ3) is 5.04. The Morgan fingerprint density at radius 1 is 1.53 bits per heavy atom. The molecule has 4 nitrogen and oxygen atoms in total. The zero-order chi connectivity index (χ0) is 12.7. The van der Waals surface area contributed by atoms with E-state index < -0.39 is 0 Å². The number of rotatable bonds is 7. The highest BCUT2D eigenvalue weighted by molar-refractivity contribution is 5.72. The van der Waals surface area contributed by atoms with Gasteiger partial charge >= 0.3 is 5.97 Å². The predicted octanol–water partition coefficient (Wildman–Crippen LogP) is 2.00. The first-order valence-corrected chi connectivity index (χ1v) is 6.05. The molecule has 0 spiro atoms. The van der Waals surface area contributed by atoms with E-state index in [1.165, 1.54) is 0 Å². The Balaban J connectivity index is 2.23. The Hall–Kier alpha value is -1.29. The molecule has 0 aromatic carbocycles. The van der Waals surface area contributed by atoms with Gasteiger partial charge in [-0.15, -0.1) is 0 Å². The van der Waals surface area contributed by atoms with Crippen molar-refractivity contribution in [1.29, 1.82) is 0 Å². The maximum absolute atomic E-state index is 11.4. The molecule has 0 aliphatic heterocycles. The number of ether oxygens (including phenoxy) is 1. The molecule has 0 saturated heterocycles. The van der Waals surface area contributed by atoms with Gasteiger partial charge in [0, 0.05) is 19.0 Å². The van der Waals surface area contributed by atoms with Crippen LogP contribution in [0.3, 0.4) is 0 Å². The van der Waals surface area contributed by atoms with E-state index in [-0.39, 0.29) is 17.9 Å². The summed E-state index contributed by atoms with van der Waals surface area (Å²) in [6.07, 6.45) is 2.49. The van der Waals surface area contributed by atoms with Crippen LogP contribution in [0.2, 0.25) is 0 Å². The first kappa shape index (κ1) is 13.8. The third-order valence-electron chi connectivity index (χ3n) is 2.55. The van der Waals surface area contributed by atoms with Crippen LogP contribution >= 0.6 is 0 Å². The van der Waals surface area contributed by atoms with Gasteiger partial charge in [0.1, 0.15) is 5.76 Å². The van der Waals surface area contributed by atoms with Crippen LogP contribution in [0, 0.1) is 5.92 Å². The Kier molecular flexibility index (Phi) is 5.77. The van der Waals surface area contributed by atoms with Crippen molar-refractivity contribution in [3.63, 3.8) is 0 Å². The Morgan fingerprint density at radius 3 is 2.88 bits per heavy atom. The molecule has 0 bridgehead atoms. The van der Waals surface area contributed by atoms with Crippen LogP contribution in [0.5, 0.6) is 0 Å². The highest BCUT2D eigenvalue weighted by Gasteiger charge is 2.15. The molecule has 96 valence electrons. The summed E-state index contributed by atoms with van der Waals surface area (Å²) < 4.78 is 10.2. The van der Waals surface area contributed by atoms with E-state index in [1.54, 1.807) is 6.26 Å². The van der Waals surface area contributed by atoms with Crippen LogP contribution in [-0.4, -0.2) is 25.2 Å². The average Bonchev–Trinajstić information content (AvgIpc) is 2.79. The number of esters is 1. The first-order valence-electron chi connectivity index (χ1n) is 6.05. The molecular formula is C13H21NO3. The molecule has 0 fully saturated rings. The van der Waals surface area contributed by atoms with Crippen LogP contribution in [0.25, 0.3) is 0 Å². The minimum atomic E-state index is -0.148. The fraction of sp³-hybridized carbons (Fsp3) is 0.615. The van der Waals surface area contributed by atoms with Crippen LogP contribution in [0.15, 0.2) is 22.8 Å². The molecule has 2 atom stereocenters. The van der Waals surface area contributed by atoms with Crippen molar-refractivity contribution in [2.24, 2.45) is 5.92 Å². The fourth-order valence-electron chi connectivity index (χ4n) is 1.55. The standard InChI is InChI=1S/C13H21NO3/c1-4-16-13(15)10(2)9-14-11(3)8-12-6-5-7-17-12/h5-7,10-11,14H,4,8-9H2,1-3H3. The van der Waals surface area contributed by atoms with E-state index in [4.69, 9.17) is 9.15 Å². The maximum Gasteiger partial charge on any atom is 0.309 e. The van der Waals surface area contributed by atoms with E-state index in [0.29, 0.717) is 13.2 Å². The SMILES string of the molecule is CCOC(=O)C(C)CNC(C)Cc1ccco1. The lowest BCUT2D eigenvalue weighted by molar-refractivity contribution is -0.147. The fourth-order valence-corrected chi connectivity index (χ4v) is 1.55. The number of carbonyl (C=O) groups is 1. The molecule has 0 aliphatic rings. The smallest absolute Gasteiger partial charge is 0.309 e. The zero-order valence-electron chi connectivity index (χ0n) is 10.7. The number of furan rings is 1. The second-order valence-corrected chi connectivity index (χ2v) is 4.25. The molecule has 0 aliphatic carbocycles. The summed E-state index contributed by atoms with van der Waals surface area (Å²) >= 11 is 0. The molecule has 0 saturated carbocycles. The lowest BCUT2D eigenvalue weighted by Crippen LogP contribution is -2.35. The van der Waals surface area contributed by atoms with Gasteiger partial charge in [0.2, 0.25) is 0 Å². The zero-order valence-corrected chi connectivity index (χ0v) is 10.7. The summed E-state index contributed by atoms with van der Waals surface area (Å²) in [6.45, 7) is 6.81. The van der Waals surface area contributed by atoms with E-state index in [2.05, 4.69) is 12.2 Å². The number of hydrogen-bond acceptors (Lipinski definition) is 4. The summed E-state index contributed by atoms with van der Waals surface area (Å²) in [5.74, 6) is 0.688. The van der Waals surface area contributed by atoms with E-state index in [9.17, 15) is 4.79 Å². The van der Waals surface area contributed by atoms with E-state index in [1.807, 2.05) is 26.0 Å². The highest BCUT2D eigenvalue weighted by Crippen LogP contribution is 2.04. The largest absolute Gasteiger partial charge is 0.469 e. The molecule has 1 aromatic rings. The van der Waals surface area contributed by atoms with Crippen molar-refractivity contribution < 1.29 is 13.9 Å². The lowest BCUT2D eigenvalue weighted by atomic mass is 10.1. The second-order valence-electron chi connectivity index (χ2n) is 4.25. The van der Waals surface area contributed by atoms with Crippen LogP contribution in [0.1, 0.15) is 26.5 Å². The first-order chi connectivity index (χ1) is 8.13. The van der Waals surface area contributed by atoms with Gasteiger partial charge < -0.3 is 14.5 Å². The predicted molar refractivity (Wildman–Crippen MR) is 65.7 cm³/mol. The number of hydrogen-bond donors (Lipinski definition) is 1. The Morgan fingerprint density at radius 2 is 2.29 bits per heavy atom. The van der Waals surface area contributed by atoms with Gasteiger partial charge in [-0.2, -0.15) is 0 Å². The van der Waals surface area contributed by atoms with Crippen molar-refractivity contribution in [2.45, 2.75) is 33.2 Å². The summed E-state index contributed by atoms with van der Waals surface area (Å²) in [5, 5.41) is 3.30. The topological polar surface area (TPSA) is 51.5 Å². The minimum absolute atomic E-state index is 0.117. The van der Waals surface area contributed by atoms with Crippen LogP contribution in [-0.2, 0) is 16.0 Å². The molecule has 1 rings (SSSR count). The average molecular weight is 239 g/mol. The Labute approximate surface area is 102 Å². The summed E-state index contributed by atoms with van der Waals surface area (Å²) in [5.41, 5.74) is 0. The van der Waals surface area contributed by atoms with Crippen molar-refractivity contribution in [3.05, 3.63) is 24.2 Å². The van der Waals surface area contributed by atoms with Crippen LogP contribution < -0.4 is 5.32 Å². The van der Waals surface area contributed by atoms with Crippen LogP contribution in [0.4, 0.5) is 0 Å². The van der Waals surface area contributed by atoms with Gasteiger partial charge in [-0.05, 0) is 26.0 Å². The van der Waals surface area contributed by atoms with E-state index in [0.717, 1.165) is 12.2 Å². The third-order valence-corrected chi connectivity index (χ3v) is 2.55. The molecule has 4 heteroatoms. The molecule has 1 N–H and O–H groups in total. The molecule has 1 heterocycles. The highest BCUT2D eigenvalue weighted by atomic mass is 16.5. The molecular weight excluding hydrogens is 218 g/mol. The normalized spacial score (nSPS) is 14.3. The van der Waals surface area contributed by atoms with Crippen molar-refractivity contribution in [2.75, 3.05) is 13.2 Å².